The molecule has 4 rings (SSSR count). The molecule has 7 nitrogen and oxygen atoms in total. The first-order valence-electron chi connectivity index (χ1n) is 11.9. The molecule has 0 bridgehead atoms. The zero-order valence-corrected chi connectivity index (χ0v) is 21.2. The van der Waals surface area contributed by atoms with Crippen molar-refractivity contribution in [2.24, 2.45) is 0 Å². The number of thioether (sulfide) groups is 1. The van der Waals surface area contributed by atoms with Gasteiger partial charge in [0.1, 0.15) is 22.7 Å². The number of methoxy groups -OCH3 is 1. The van der Waals surface area contributed by atoms with Gasteiger partial charge < -0.3 is 19.5 Å². The summed E-state index contributed by atoms with van der Waals surface area (Å²) in [7, 11) is 1.74. The molecule has 1 saturated heterocycles. The Kier molecular flexibility index (Phi) is 7.99. The van der Waals surface area contributed by atoms with E-state index in [1.807, 2.05) is 12.1 Å². The Morgan fingerprint density at radius 1 is 1.24 bits per heavy atom. The molecule has 34 heavy (non-hydrogen) atoms. The summed E-state index contributed by atoms with van der Waals surface area (Å²) in [6.45, 7) is 10.1. The van der Waals surface area contributed by atoms with E-state index >= 15 is 0 Å². The molecule has 1 fully saturated rings. The lowest BCUT2D eigenvalue weighted by Crippen LogP contribution is -2.48. The number of aromatic nitrogens is 1. The second-order valence-electron chi connectivity index (χ2n) is 9.50. The number of aromatic hydroxyl groups is 1. The van der Waals surface area contributed by atoms with Crippen LogP contribution in [0.3, 0.4) is 0 Å². The highest BCUT2D eigenvalue weighted by molar-refractivity contribution is 7.99. The van der Waals surface area contributed by atoms with E-state index in [1.165, 1.54) is 0 Å². The molecule has 1 aromatic carbocycles. The third-order valence-corrected chi connectivity index (χ3v) is 7.48. The van der Waals surface area contributed by atoms with Crippen LogP contribution in [0.4, 0.5) is 5.82 Å². The van der Waals surface area contributed by atoms with E-state index < -0.39 is 0 Å². The molecule has 0 saturated carbocycles. The minimum absolute atomic E-state index is 0.279. The fraction of sp³-hybridized carbons (Fsp3) is 0.538. The van der Waals surface area contributed by atoms with Crippen molar-refractivity contribution < 1.29 is 14.6 Å². The third-order valence-electron chi connectivity index (χ3n) is 6.50. The first-order chi connectivity index (χ1) is 16.4. The number of fused-ring (bicyclic) bond motifs is 1. The minimum atomic E-state index is -0.306. The van der Waals surface area contributed by atoms with Crippen LogP contribution >= 0.6 is 11.8 Å². The predicted octanol–water partition coefficient (Wildman–Crippen LogP) is 3.61. The number of piperazine rings is 1. The van der Waals surface area contributed by atoms with E-state index in [-0.39, 0.29) is 11.4 Å². The average Bonchev–Trinajstić information content (AvgIpc) is 2.82. The summed E-state index contributed by atoms with van der Waals surface area (Å²) in [5, 5.41) is 20.7. The number of nitrogens with zero attached hydrogens (tertiary/aromatic N) is 4. The molecule has 8 heteroatoms. The van der Waals surface area contributed by atoms with Gasteiger partial charge in [0, 0.05) is 57.6 Å². The van der Waals surface area contributed by atoms with Gasteiger partial charge in [0.25, 0.3) is 0 Å². The zero-order valence-electron chi connectivity index (χ0n) is 20.3. The van der Waals surface area contributed by atoms with Gasteiger partial charge in [-0.05, 0) is 43.5 Å². The number of hydrogen-bond donors (Lipinski definition) is 1. The lowest BCUT2D eigenvalue weighted by Gasteiger charge is -2.39. The number of ether oxygens (including phenoxy) is 2. The van der Waals surface area contributed by atoms with Crippen LogP contribution < -0.4 is 4.90 Å². The molecule has 2 aromatic rings. The van der Waals surface area contributed by atoms with Crippen LogP contribution in [0.25, 0.3) is 0 Å². The highest BCUT2D eigenvalue weighted by Gasteiger charge is 2.33. The van der Waals surface area contributed by atoms with E-state index in [4.69, 9.17) is 14.5 Å². The number of hydrogen-bond acceptors (Lipinski definition) is 8. The summed E-state index contributed by atoms with van der Waals surface area (Å²) in [5.74, 6) is 2.03. The normalized spacial score (nSPS) is 17.9. The molecular formula is C26H34N4O3S. The Labute approximate surface area is 206 Å². The molecule has 0 spiro atoms. The maximum Gasteiger partial charge on any atom is 0.135 e. The SMILES string of the molecule is COCCN1CCN(c2nc(SCCc3cccc(O)c3)c(C#N)c3c2COC(C)(C)C3)CC1. The lowest BCUT2D eigenvalue weighted by atomic mass is 9.89. The topological polar surface area (TPSA) is 81.9 Å². The molecule has 2 aliphatic heterocycles. The Bertz CT molecular complexity index is 1050. The molecule has 0 aliphatic carbocycles. The van der Waals surface area contributed by atoms with Gasteiger partial charge >= 0.3 is 0 Å². The van der Waals surface area contributed by atoms with E-state index in [9.17, 15) is 10.4 Å². The maximum atomic E-state index is 10.1. The summed E-state index contributed by atoms with van der Waals surface area (Å²) in [5.41, 5.74) is 3.61. The summed E-state index contributed by atoms with van der Waals surface area (Å²) < 4.78 is 11.4. The second-order valence-corrected chi connectivity index (χ2v) is 10.6. The van der Waals surface area contributed by atoms with E-state index in [0.29, 0.717) is 18.6 Å². The van der Waals surface area contributed by atoms with E-state index in [1.54, 1.807) is 31.0 Å². The van der Waals surface area contributed by atoms with Gasteiger partial charge in [-0.3, -0.25) is 4.90 Å². The molecule has 0 unspecified atom stereocenters. The minimum Gasteiger partial charge on any atom is -0.508 e. The van der Waals surface area contributed by atoms with Crippen molar-refractivity contribution in [3.8, 4) is 11.8 Å². The van der Waals surface area contributed by atoms with Crippen LogP contribution in [0.5, 0.6) is 5.75 Å². The van der Waals surface area contributed by atoms with Gasteiger partial charge in [-0.25, -0.2) is 4.98 Å². The highest BCUT2D eigenvalue weighted by atomic mass is 32.2. The Morgan fingerprint density at radius 3 is 2.74 bits per heavy atom. The predicted molar refractivity (Wildman–Crippen MR) is 135 cm³/mol. The second kappa shape index (κ2) is 11.0. The third kappa shape index (κ3) is 5.84. The summed E-state index contributed by atoms with van der Waals surface area (Å²) in [4.78, 5) is 9.83. The molecule has 0 amide bonds. The van der Waals surface area contributed by atoms with Crippen molar-refractivity contribution in [2.45, 2.75) is 43.9 Å². The average molecular weight is 483 g/mol. The van der Waals surface area contributed by atoms with Gasteiger partial charge in [-0.1, -0.05) is 12.1 Å². The van der Waals surface area contributed by atoms with Crippen LogP contribution in [-0.4, -0.2) is 72.8 Å². The molecule has 0 radical (unpaired) electrons. The van der Waals surface area contributed by atoms with Crippen molar-refractivity contribution in [3.63, 3.8) is 0 Å². The standard InChI is InChI=1S/C26H34N4O3S/c1-26(2)16-21-22(17-27)25(34-14-7-19-5-4-6-20(31)15-19)28-24(23(21)18-33-26)30-10-8-29(9-11-30)12-13-32-3/h4-6,15,31H,7-14,16,18H2,1-3H3. The van der Waals surface area contributed by atoms with Crippen molar-refractivity contribution in [3.05, 3.63) is 46.5 Å². The number of benzene rings is 1. The number of anilines is 1. The molecule has 0 atom stereocenters. The molecular weight excluding hydrogens is 448 g/mol. The maximum absolute atomic E-state index is 10.1. The Hall–Kier alpha value is -2.31. The van der Waals surface area contributed by atoms with E-state index in [2.05, 4.69) is 29.7 Å². The van der Waals surface area contributed by atoms with Crippen molar-refractivity contribution in [2.75, 3.05) is 57.1 Å². The monoisotopic (exact) mass is 482 g/mol. The molecule has 3 heterocycles. The van der Waals surface area contributed by atoms with Gasteiger partial charge in [-0.2, -0.15) is 5.26 Å². The van der Waals surface area contributed by atoms with Gasteiger partial charge in [-0.15, -0.1) is 11.8 Å². The Morgan fingerprint density at radius 2 is 2.03 bits per heavy atom. The molecule has 1 N–H and O–H groups in total. The van der Waals surface area contributed by atoms with Gasteiger partial charge in [0.2, 0.25) is 0 Å². The largest absolute Gasteiger partial charge is 0.508 e. The highest BCUT2D eigenvalue weighted by Crippen LogP contribution is 2.39. The van der Waals surface area contributed by atoms with Gasteiger partial charge in [0.15, 0.2) is 0 Å². The number of pyridine rings is 1. The van der Waals surface area contributed by atoms with Crippen LogP contribution in [0, 0.1) is 11.3 Å². The van der Waals surface area contributed by atoms with Crippen LogP contribution in [0.2, 0.25) is 0 Å². The number of rotatable bonds is 8. The lowest BCUT2D eigenvalue weighted by molar-refractivity contribution is -0.0402. The molecule has 1 aromatic heterocycles. The number of aryl methyl sites for hydroxylation is 1. The smallest absolute Gasteiger partial charge is 0.135 e. The van der Waals surface area contributed by atoms with Crippen LogP contribution in [0.15, 0.2) is 29.3 Å². The van der Waals surface area contributed by atoms with Crippen molar-refractivity contribution in [1.82, 2.24) is 9.88 Å². The van der Waals surface area contributed by atoms with Crippen molar-refractivity contribution in [1.29, 1.82) is 5.26 Å². The summed E-state index contributed by atoms with van der Waals surface area (Å²) >= 11 is 1.63. The van der Waals surface area contributed by atoms with E-state index in [0.717, 1.165) is 79.0 Å². The molecule has 182 valence electrons. The molecule has 2 aliphatic rings. The fourth-order valence-corrected chi connectivity index (χ4v) is 5.58. The number of nitriles is 1. The summed E-state index contributed by atoms with van der Waals surface area (Å²) in [6.07, 6.45) is 1.50. The Balaban J connectivity index is 1.59. The van der Waals surface area contributed by atoms with Crippen LogP contribution in [0.1, 0.15) is 36.1 Å². The van der Waals surface area contributed by atoms with Crippen molar-refractivity contribution >= 4 is 17.6 Å². The quantitative estimate of drug-likeness (QED) is 0.572. The fourth-order valence-electron chi connectivity index (χ4n) is 4.59. The number of phenolic OH excluding ortho intramolecular Hbond substituents is 1. The first kappa shape index (κ1) is 24.8. The van der Waals surface area contributed by atoms with Gasteiger partial charge in [0.05, 0.1) is 24.4 Å². The zero-order chi connectivity index (χ0) is 24.1. The first-order valence-corrected chi connectivity index (χ1v) is 12.9. The number of phenols is 1. The van der Waals surface area contributed by atoms with Crippen LogP contribution in [-0.2, 0) is 28.9 Å². The summed E-state index contributed by atoms with van der Waals surface area (Å²) in [6, 6.07) is 9.81.